The number of hydrogen-bond acceptors (Lipinski definition) is 3. The first-order valence-corrected chi connectivity index (χ1v) is 4.95. The smallest absolute Gasteiger partial charge is 0.251 e. The van der Waals surface area contributed by atoms with Crippen molar-refractivity contribution in [3.05, 3.63) is 35.9 Å². The largest absolute Gasteiger partial charge is 0.391 e. The molecule has 0 fully saturated rings. The number of nitrogens with one attached hydrogen (secondary N) is 1. The van der Waals surface area contributed by atoms with E-state index < -0.39 is 6.10 Å². The monoisotopic (exact) mass is 208 g/mol. The number of carbonyl (C=O) groups excluding carboxylic acids is 1. The van der Waals surface area contributed by atoms with Crippen LogP contribution in [0.3, 0.4) is 0 Å². The number of benzene rings is 1. The Bertz CT molecular complexity index is 301. The zero-order valence-electron chi connectivity index (χ0n) is 8.52. The molecule has 1 atom stereocenters. The maximum atomic E-state index is 11.5. The van der Waals surface area contributed by atoms with Gasteiger partial charge in [-0.3, -0.25) is 4.79 Å². The molecule has 1 unspecified atom stereocenters. The Hall–Kier alpha value is -1.39. The van der Waals surface area contributed by atoms with Crippen molar-refractivity contribution in [2.45, 2.75) is 12.5 Å². The molecule has 0 heterocycles. The minimum Gasteiger partial charge on any atom is -0.391 e. The molecule has 1 aromatic rings. The average Bonchev–Trinajstić information content (AvgIpc) is 2.27. The standard InChI is InChI=1S/C11H16N2O2/c12-7-6-10(14)8-13-11(15)9-4-2-1-3-5-9/h1-5,10,14H,6-8,12H2,(H,13,15). The van der Waals surface area contributed by atoms with Gasteiger partial charge in [0.15, 0.2) is 0 Å². The predicted molar refractivity (Wildman–Crippen MR) is 58.5 cm³/mol. The zero-order chi connectivity index (χ0) is 11.1. The molecule has 0 spiro atoms. The van der Waals surface area contributed by atoms with Crippen molar-refractivity contribution in [2.24, 2.45) is 5.73 Å². The lowest BCUT2D eigenvalue weighted by Gasteiger charge is -2.10. The average molecular weight is 208 g/mol. The summed E-state index contributed by atoms with van der Waals surface area (Å²) in [6, 6.07) is 8.89. The molecule has 0 aliphatic carbocycles. The van der Waals surface area contributed by atoms with Gasteiger partial charge in [-0.2, -0.15) is 0 Å². The lowest BCUT2D eigenvalue weighted by Crippen LogP contribution is -2.33. The fourth-order valence-corrected chi connectivity index (χ4v) is 1.20. The first-order valence-electron chi connectivity index (χ1n) is 4.95. The number of aliphatic hydroxyl groups is 1. The van der Waals surface area contributed by atoms with Gasteiger partial charge < -0.3 is 16.2 Å². The minimum absolute atomic E-state index is 0.174. The molecule has 1 aromatic carbocycles. The Kier molecular flexibility index (Phi) is 4.80. The summed E-state index contributed by atoms with van der Waals surface area (Å²) >= 11 is 0. The highest BCUT2D eigenvalue weighted by Crippen LogP contribution is 1.98. The number of amides is 1. The van der Waals surface area contributed by atoms with Gasteiger partial charge in [0.2, 0.25) is 0 Å². The van der Waals surface area contributed by atoms with Crippen molar-refractivity contribution in [3.63, 3.8) is 0 Å². The number of carbonyl (C=O) groups is 1. The van der Waals surface area contributed by atoms with Gasteiger partial charge in [0.25, 0.3) is 5.91 Å². The molecule has 4 N–H and O–H groups in total. The molecular weight excluding hydrogens is 192 g/mol. The van der Waals surface area contributed by atoms with Gasteiger partial charge >= 0.3 is 0 Å². The fourth-order valence-electron chi connectivity index (χ4n) is 1.20. The first kappa shape index (κ1) is 11.7. The van der Waals surface area contributed by atoms with E-state index in [1.165, 1.54) is 0 Å². The Balaban J connectivity index is 2.37. The molecule has 4 heteroatoms. The van der Waals surface area contributed by atoms with E-state index in [0.717, 1.165) is 0 Å². The van der Waals surface area contributed by atoms with Gasteiger partial charge in [-0.15, -0.1) is 0 Å². The summed E-state index contributed by atoms with van der Waals surface area (Å²) in [6.07, 6.45) is -0.0719. The molecule has 0 aliphatic rings. The van der Waals surface area contributed by atoms with E-state index in [2.05, 4.69) is 5.32 Å². The summed E-state index contributed by atoms with van der Waals surface area (Å²) in [5.74, 6) is -0.174. The molecule has 1 rings (SSSR count). The van der Waals surface area contributed by atoms with Crippen molar-refractivity contribution in [3.8, 4) is 0 Å². The van der Waals surface area contributed by atoms with Crippen LogP contribution in [0.15, 0.2) is 30.3 Å². The summed E-state index contributed by atoms with van der Waals surface area (Å²) in [7, 11) is 0. The summed E-state index contributed by atoms with van der Waals surface area (Å²) in [5, 5.41) is 12.0. The number of hydrogen-bond donors (Lipinski definition) is 3. The van der Waals surface area contributed by atoms with Crippen molar-refractivity contribution in [2.75, 3.05) is 13.1 Å². The molecule has 4 nitrogen and oxygen atoms in total. The second-order valence-electron chi connectivity index (χ2n) is 3.31. The van der Waals surface area contributed by atoms with Crippen LogP contribution in [0, 0.1) is 0 Å². The van der Waals surface area contributed by atoms with Crippen molar-refractivity contribution in [1.29, 1.82) is 0 Å². The molecule has 0 radical (unpaired) electrons. The zero-order valence-corrected chi connectivity index (χ0v) is 8.52. The molecule has 82 valence electrons. The molecule has 15 heavy (non-hydrogen) atoms. The predicted octanol–water partition coefficient (Wildman–Crippen LogP) is 0.126. The highest BCUT2D eigenvalue weighted by molar-refractivity contribution is 5.94. The quantitative estimate of drug-likeness (QED) is 0.643. The molecule has 0 saturated carbocycles. The van der Waals surface area contributed by atoms with Crippen molar-refractivity contribution < 1.29 is 9.90 Å². The second kappa shape index (κ2) is 6.16. The van der Waals surface area contributed by atoms with Crippen molar-refractivity contribution in [1.82, 2.24) is 5.32 Å². The van der Waals surface area contributed by atoms with Crippen LogP contribution in [-0.2, 0) is 0 Å². The lowest BCUT2D eigenvalue weighted by molar-refractivity contribution is 0.0912. The molecule has 0 aliphatic heterocycles. The number of nitrogens with two attached hydrogens (primary N) is 1. The van der Waals surface area contributed by atoms with Gasteiger partial charge in [-0.25, -0.2) is 0 Å². The van der Waals surface area contributed by atoms with Gasteiger partial charge in [0, 0.05) is 12.1 Å². The lowest BCUT2D eigenvalue weighted by atomic mass is 10.2. The third-order valence-corrected chi connectivity index (χ3v) is 2.03. The summed E-state index contributed by atoms with van der Waals surface area (Å²) in [6.45, 7) is 0.660. The van der Waals surface area contributed by atoms with Gasteiger partial charge in [0.1, 0.15) is 0 Å². The molecule has 0 aromatic heterocycles. The molecule has 1 amide bonds. The van der Waals surface area contributed by atoms with Gasteiger partial charge in [-0.05, 0) is 25.1 Å². The summed E-state index contributed by atoms with van der Waals surface area (Å²) in [5.41, 5.74) is 5.87. The Morgan fingerprint density at radius 1 is 1.40 bits per heavy atom. The van der Waals surface area contributed by atoms with E-state index in [1.54, 1.807) is 24.3 Å². The Morgan fingerprint density at radius 2 is 2.07 bits per heavy atom. The highest BCUT2D eigenvalue weighted by Gasteiger charge is 2.07. The SMILES string of the molecule is NCCC(O)CNC(=O)c1ccccc1. The first-order chi connectivity index (χ1) is 7.24. The molecule has 0 bridgehead atoms. The van der Waals surface area contributed by atoms with Gasteiger partial charge in [0.05, 0.1) is 6.10 Å². The van der Waals surface area contributed by atoms with Crippen LogP contribution in [0.4, 0.5) is 0 Å². The van der Waals surface area contributed by atoms with Crippen LogP contribution < -0.4 is 11.1 Å². The highest BCUT2D eigenvalue weighted by atomic mass is 16.3. The summed E-state index contributed by atoms with van der Waals surface area (Å²) in [4.78, 5) is 11.5. The molecular formula is C11H16N2O2. The van der Waals surface area contributed by atoms with E-state index in [1.807, 2.05) is 6.07 Å². The van der Waals surface area contributed by atoms with Gasteiger partial charge in [-0.1, -0.05) is 18.2 Å². The normalized spacial score (nSPS) is 12.1. The van der Waals surface area contributed by atoms with Crippen LogP contribution in [0.2, 0.25) is 0 Å². The van der Waals surface area contributed by atoms with Crippen LogP contribution in [-0.4, -0.2) is 30.2 Å². The summed E-state index contributed by atoms with van der Waals surface area (Å²) < 4.78 is 0. The maximum absolute atomic E-state index is 11.5. The second-order valence-corrected chi connectivity index (χ2v) is 3.31. The van der Waals surface area contributed by atoms with Crippen LogP contribution >= 0.6 is 0 Å². The topological polar surface area (TPSA) is 75.3 Å². The van der Waals surface area contributed by atoms with Crippen LogP contribution in [0.25, 0.3) is 0 Å². The van der Waals surface area contributed by atoms with Crippen LogP contribution in [0.1, 0.15) is 16.8 Å². The third-order valence-electron chi connectivity index (χ3n) is 2.03. The van der Waals surface area contributed by atoms with Crippen LogP contribution in [0.5, 0.6) is 0 Å². The third kappa shape index (κ3) is 4.10. The Labute approximate surface area is 89.1 Å². The number of aliphatic hydroxyl groups excluding tert-OH is 1. The van der Waals surface area contributed by atoms with E-state index in [9.17, 15) is 9.90 Å². The fraction of sp³-hybridized carbons (Fsp3) is 0.364. The van der Waals surface area contributed by atoms with E-state index in [4.69, 9.17) is 5.73 Å². The maximum Gasteiger partial charge on any atom is 0.251 e. The van der Waals surface area contributed by atoms with E-state index in [-0.39, 0.29) is 12.5 Å². The van der Waals surface area contributed by atoms with E-state index in [0.29, 0.717) is 18.5 Å². The minimum atomic E-state index is -0.567. The number of rotatable bonds is 5. The molecule has 0 saturated heterocycles. The Morgan fingerprint density at radius 3 is 2.67 bits per heavy atom. The van der Waals surface area contributed by atoms with Crippen molar-refractivity contribution >= 4 is 5.91 Å². The van der Waals surface area contributed by atoms with E-state index >= 15 is 0 Å².